The number of para-hydroxylation sites is 1. The van der Waals surface area contributed by atoms with E-state index in [4.69, 9.17) is 4.74 Å². The highest BCUT2D eigenvalue weighted by atomic mass is 32.2. The standard InChI is InChI=1S/C18H21N3O5S/c1-12-17(13(2)21(20-12)15-6-4-3-5-7-15)18(23)26-10-16(22)19-14-8-9-27(24,25)11-14/h3-7,14H,8-11H2,1-2H3,(H,19,22)/t14-/m1/s1. The lowest BCUT2D eigenvalue weighted by Crippen LogP contribution is -2.38. The van der Waals surface area contributed by atoms with E-state index in [1.54, 1.807) is 18.5 Å². The summed E-state index contributed by atoms with van der Waals surface area (Å²) in [6.07, 6.45) is 0.379. The monoisotopic (exact) mass is 391 g/mol. The van der Waals surface area contributed by atoms with Crippen LogP contribution in [0.1, 0.15) is 28.2 Å². The van der Waals surface area contributed by atoms with Gasteiger partial charge in [-0.2, -0.15) is 5.10 Å². The molecule has 1 amide bonds. The summed E-state index contributed by atoms with van der Waals surface area (Å²) in [5.74, 6) is -1.17. The Labute approximate surface area is 157 Å². The molecule has 1 fully saturated rings. The van der Waals surface area contributed by atoms with Crippen LogP contribution in [0.25, 0.3) is 5.69 Å². The Morgan fingerprint density at radius 1 is 1.26 bits per heavy atom. The van der Waals surface area contributed by atoms with Crippen molar-refractivity contribution >= 4 is 21.7 Å². The SMILES string of the molecule is Cc1nn(-c2ccccc2)c(C)c1C(=O)OCC(=O)N[C@@H]1CCS(=O)(=O)C1. The highest BCUT2D eigenvalue weighted by molar-refractivity contribution is 7.91. The average molecular weight is 391 g/mol. The number of sulfone groups is 1. The van der Waals surface area contributed by atoms with Crippen LogP contribution in [0.2, 0.25) is 0 Å². The predicted octanol–water partition coefficient (Wildman–Crippen LogP) is 0.949. The Bertz CT molecular complexity index is 966. The summed E-state index contributed by atoms with van der Waals surface area (Å²) in [5, 5.41) is 6.96. The number of amides is 1. The number of hydrogen-bond acceptors (Lipinski definition) is 6. The van der Waals surface area contributed by atoms with Crippen molar-refractivity contribution in [2.24, 2.45) is 0 Å². The number of carbonyl (C=O) groups is 2. The second-order valence-electron chi connectivity index (χ2n) is 6.54. The highest BCUT2D eigenvalue weighted by Crippen LogP contribution is 2.18. The number of benzene rings is 1. The second-order valence-corrected chi connectivity index (χ2v) is 8.77. The minimum absolute atomic E-state index is 0.0643. The molecule has 3 rings (SSSR count). The first-order chi connectivity index (χ1) is 12.8. The largest absolute Gasteiger partial charge is 0.452 e. The van der Waals surface area contributed by atoms with Gasteiger partial charge in [0.1, 0.15) is 5.56 Å². The third kappa shape index (κ3) is 4.36. The van der Waals surface area contributed by atoms with Crippen LogP contribution in [0.15, 0.2) is 30.3 Å². The molecule has 8 nitrogen and oxygen atoms in total. The molecule has 2 aromatic rings. The molecule has 1 atom stereocenters. The number of nitrogens with zero attached hydrogens (tertiary/aromatic N) is 2. The maximum atomic E-state index is 12.4. The lowest BCUT2D eigenvalue weighted by Gasteiger charge is -2.11. The molecule has 1 N–H and O–H groups in total. The van der Waals surface area contributed by atoms with Crippen molar-refractivity contribution in [3.63, 3.8) is 0 Å². The van der Waals surface area contributed by atoms with Gasteiger partial charge < -0.3 is 10.1 Å². The number of aromatic nitrogens is 2. The molecule has 9 heteroatoms. The van der Waals surface area contributed by atoms with E-state index in [9.17, 15) is 18.0 Å². The van der Waals surface area contributed by atoms with Gasteiger partial charge in [-0.05, 0) is 32.4 Å². The molecule has 27 heavy (non-hydrogen) atoms. The smallest absolute Gasteiger partial charge is 0.342 e. The summed E-state index contributed by atoms with van der Waals surface area (Å²) >= 11 is 0. The van der Waals surface area contributed by atoms with Crippen LogP contribution >= 0.6 is 0 Å². The van der Waals surface area contributed by atoms with Crippen molar-refractivity contribution in [3.8, 4) is 5.69 Å². The summed E-state index contributed by atoms with van der Waals surface area (Å²) in [6.45, 7) is 2.99. The number of hydrogen-bond donors (Lipinski definition) is 1. The molecule has 2 heterocycles. The normalized spacial score (nSPS) is 18.2. The molecule has 144 valence electrons. The molecule has 0 bridgehead atoms. The molecule has 1 saturated heterocycles. The Morgan fingerprint density at radius 3 is 2.59 bits per heavy atom. The fourth-order valence-electron chi connectivity index (χ4n) is 3.14. The lowest BCUT2D eigenvalue weighted by molar-refractivity contribution is -0.124. The molecular formula is C18H21N3O5S. The van der Waals surface area contributed by atoms with E-state index < -0.39 is 34.4 Å². The first-order valence-electron chi connectivity index (χ1n) is 8.55. The van der Waals surface area contributed by atoms with E-state index >= 15 is 0 Å². The van der Waals surface area contributed by atoms with Crippen LogP contribution < -0.4 is 5.32 Å². The summed E-state index contributed by atoms with van der Waals surface area (Å²) in [5.41, 5.74) is 2.25. The maximum absolute atomic E-state index is 12.4. The number of ether oxygens (including phenoxy) is 1. The Hall–Kier alpha value is -2.68. The third-order valence-electron chi connectivity index (χ3n) is 4.43. The molecule has 0 radical (unpaired) electrons. The van der Waals surface area contributed by atoms with Gasteiger partial charge in [0.15, 0.2) is 16.4 Å². The van der Waals surface area contributed by atoms with E-state index in [-0.39, 0.29) is 11.5 Å². The maximum Gasteiger partial charge on any atom is 0.342 e. The summed E-state index contributed by atoms with van der Waals surface area (Å²) in [6, 6.07) is 8.95. The molecule has 1 aromatic carbocycles. The zero-order valence-corrected chi connectivity index (χ0v) is 16.0. The summed E-state index contributed by atoms with van der Waals surface area (Å²) in [4.78, 5) is 24.4. The number of rotatable bonds is 5. The number of nitrogens with one attached hydrogen (secondary N) is 1. The topological polar surface area (TPSA) is 107 Å². The van der Waals surface area contributed by atoms with Crippen LogP contribution in [0.4, 0.5) is 0 Å². The molecule has 0 saturated carbocycles. The number of aryl methyl sites for hydroxylation is 1. The quantitative estimate of drug-likeness (QED) is 0.761. The van der Waals surface area contributed by atoms with Crippen LogP contribution in [0.3, 0.4) is 0 Å². The number of carbonyl (C=O) groups excluding carboxylic acids is 2. The van der Waals surface area contributed by atoms with Crippen molar-refractivity contribution in [1.29, 1.82) is 0 Å². The van der Waals surface area contributed by atoms with Gasteiger partial charge in [0.25, 0.3) is 5.91 Å². The van der Waals surface area contributed by atoms with E-state index in [2.05, 4.69) is 10.4 Å². The van der Waals surface area contributed by atoms with Crippen molar-refractivity contribution < 1.29 is 22.7 Å². The van der Waals surface area contributed by atoms with Gasteiger partial charge in [0.05, 0.1) is 28.6 Å². The van der Waals surface area contributed by atoms with Crippen molar-refractivity contribution in [3.05, 3.63) is 47.3 Å². The first kappa shape index (κ1) is 19.1. The van der Waals surface area contributed by atoms with Gasteiger partial charge in [-0.15, -0.1) is 0 Å². The van der Waals surface area contributed by atoms with Crippen LogP contribution in [0.5, 0.6) is 0 Å². The third-order valence-corrected chi connectivity index (χ3v) is 6.20. The Morgan fingerprint density at radius 2 is 1.96 bits per heavy atom. The van der Waals surface area contributed by atoms with Crippen LogP contribution in [0, 0.1) is 13.8 Å². The van der Waals surface area contributed by atoms with Crippen LogP contribution in [-0.2, 0) is 19.4 Å². The van der Waals surface area contributed by atoms with Gasteiger partial charge in [-0.25, -0.2) is 17.9 Å². The van der Waals surface area contributed by atoms with Gasteiger partial charge in [0.2, 0.25) is 0 Å². The highest BCUT2D eigenvalue weighted by Gasteiger charge is 2.29. The predicted molar refractivity (Wildman–Crippen MR) is 98.5 cm³/mol. The van der Waals surface area contributed by atoms with E-state index in [1.807, 2.05) is 30.3 Å². The molecule has 1 aliphatic rings. The zero-order valence-electron chi connectivity index (χ0n) is 15.1. The lowest BCUT2D eigenvalue weighted by atomic mass is 10.2. The fourth-order valence-corrected chi connectivity index (χ4v) is 4.81. The molecule has 0 unspecified atom stereocenters. The Kier molecular flexibility index (Phi) is 5.31. The van der Waals surface area contributed by atoms with Gasteiger partial charge in [-0.1, -0.05) is 18.2 Å². The van der Waals surface area contributed by atoms with E-state index in [1.165, 1.54) is 0 Å². The molecule has 0 spiro atoms. The molecule has 1 aliphatic heterocycles. The number of esters is 1. The van der Waals surface area contributed by atoms with Crippen molar-refractivity contribution in [2.75, 3.05) is 18.1 Å². The Balaban J connectivity index is 1.63. The van der Waals surface area contributed by atoms with Gasteiger partial charge in [-0.3, -0.25) is 4.79 Å². The average Bonchev–Trinajstić information content (AvgIpc) is 3.11. The molecule has 0 aliphatic carbocycles. The van der Waals surface area contributed by atoms with E-state index in [0.29, 0.717) is 23.4 Å². The molecule has 1 aromatic heterocycles. The van der Waals surface area contributed by atoms with E-state index in [0.717, 1.165) is 5.69 Å². The molecular weight excluding hydrogens is 370 g/mol. The zero-order chi connectivity index (χ0) is 19.6. The minimum Gasteiger partial charge on any atom is -0.452 e. The van der Waals surface area contributed by atoms with Crippen LogP contribution in [-0.4, -0.2) is 54.2 Å². The van der Waals surface area contributed by atoms with Gasteiger partial charge >= 0.3 is 5.97 Å². The minimum atomic E-state index is -3.08. The fraction of sp³-hybridized carbons (Fsp3) is 0.389. The van der Waals surface area contributed by atoms with Gasteiger partial charge in [0, 0.05) is 6.04 Å². The van der Waals surface area contributed by atoms with Crippen molar-refractivity contribution in [2.45, 2.75) is 26.3 Å². The second kappa shape index (κ2) is 7.51. The summed E-state index contributed by atoms with van der Waals surface area (Å²) < 4.78 is 29.6. The van der Waals surface area contributed by atoms with Crippen molar-refractivity contribution in [1.82, 2.24) is 15.1 Å². The first-order valence-corrected chi connectivity index (χ1v) is 10.4. The summed E-state index contributed by atoms with van der Waals surface area (Å²) in [7, 11) is -3.08.